The topological polar surface area (TPSA) is 52.4 Å². The van der Waals surface area contributed by atoms with Crippen LogP contribution < -0.4 is 4.74 Å². The average Bonchev–Trinajstić information content (AvgIpc) is 2.46. The SMILES string of the molecule is Cc1cc2c(c(C)c1SC[N+](=O)[O-])CCCC(C)(C)O2. The molecule has 0 fully saturated rings. The van der Waals surface area contributed by atoms with E-state index in [1.54, 1.807) is 0 Å². The average molecular weight is 295 g/mol. The van der Waals surface area contributed by atoms with Gasteiger partial charge in [0.05, 0.1) is 0 Å². The van der Waals surface area contributed by atoms with Crippen molar-refractivity contribution in [3.05, 3.63) is 32.9 Å². The maximum atomic E-state index is 10.6. The minimum absolute atomic E-state index is 0.0905. The Morgan fingerprint density at radius 3 is 2.80 bits per heavy atom. The normalized spacial score (nSPS) is 17.0. The lowest BCUT2D eigenvalue weighted by Crippen LogP contribution is -2.27. The van der Waals surface area contributed by atoms with Gasteiger partial charge in [-0.25, -0.2) is 0 Å². The smallest absolute Gasteiger partial charge is 0.253 e. The van der Waals surface area contributed by atoms with Crippen LogP contribution in [-0.2, 0) is 6.42 Å². The molecule has 5 heteroatoms. The number of hydrogen-bond acceptors (Lipinski definition) is 4. The molecular formula is C15H21NO3S. The Bertz CT molecular complexity index is 540. The summed E-state index contributed by atoms with van der Waals surface area (Å²) in [6, 6.07) is 2.04. The number of fused-ring (bicyclic) bond motifs is 1. The zero-order valence-electron chi connectivity index (χ0n) is 12.5. The van der Waals surface area contributed by atoms with E-state index in [-0.39, 0.29) is 16.4 Å². The molecule has 1 aliphatic rings. The van der Waals surface area contributed by atoms with Gasteiger partial charge in [0.2, 0.25) is 0 Å². The van der Waals surface area contributed by atoms with Crippen LogP contribution in [0.4, 0.5) is 0 Å². The summed E-state index contributed by atoms with van der Waals surface area (Å²) in [7, 11) is 0. The minimum Gasteiger partial charge on any atom is -0.488 e. The van der Waals surface area contributed by atoms with Gasteiger partial charge in [-0.2, -0.15) is 0 Å². The zero-order valence-corrected chi connectivity index (χ0v) is 13.3. The highest BCUT2D eigenvalue weighted by atomic mass is 32.2. The predicted octanol–water partition coefficient (Wildman–Crippen LogP) is 4.12. The Labute approximate surface area is 124 Å². The van der Waals surface area contributed by atoms with Crippen LogP contribution in [0.5, 0.6) is 5.75 Å². The van der Waals surface area contributed by atoms with Crippen LogP contribution in [0.2, 0.25) is 0 Å². The standard InChI is InChI=1S/C15H21NO3S/c1-10-8-13-12(6-5-7-15(3,4)19-13)11(2)14(10)20-9-16(17)18/h8H,5-7,9H2,1-4H3. The van der Waals surface area contributed by atoms with Crippen LogP contribution in [0.3, 0.4) is 0 Å². The van der Waals surface area contributed by atoms with E-state index in [0.717, 1.165) is 41.0 Å². The second-order valence-corrected chi connectivity index (χ2v) is 6.90. The summed E-state index contributed by atoms with van der Waals surface area (Å²) in [6.45, 7) is 8.27. The molecule has 0 bridgehead atoms. The van der Waals surface area contributed by atoms with Gasteiger partial charge in [0.15, 0.2) is 0 Å². The third-order valence-electron chi connectivity index (χ3n) is 3.70. The zero-order chi connectivity index (χ0) is 14.9. The van der Waals surface area contributed by atoms with Gasteiger partial charge in [0, 0.05) is 9.82 Å². The molecule has 0 spiro atoms. The fraction of sp³-hybridized carbons (Fsp3) is 0.600. The van der Waals surface area contributed by atoms with Crippen molar-refractivity contribution in [3.8, 4) is 5.75 Å². The van der Waals surface area contributed by atoms with E-state index in [1.165, 1.54) is 17.3 Å². The van der Waals surface area contributed by atoms with E-state index < -0.39 is 0 Å². The summed E-state index contributed by atoms with van der Waals surface area (Å²) in [4.78, 5) is 11.3. The van der Waals surface area contributed by atoms with Crippen LogP contribution >= 0.6 is 11.8 Å². The van der Waals surface area contributed by atoms with Gasteiger partial charge in [0.1, 0.15) is 11.4 Å². The van der Waals surface area contributed by atoms with Crippen molar-refractivity contribution in [2.75, 3.05) is 5.88 Å². The molecule has 110 valence electrons. The maximum absolute atomic E-state index is 10.6. The fourth-order valence-corrected chi connectivity index (χ4v) is 3.61. The van der Waals surface area contributed by atoms with Crippen LogP contribution in [0, 0.1) is 24.0 Å². The minimum atomic E-state index is -0.283. The van der Waals surface area contributed by atoms with Crippen molar-refractivity contribution < 1.29 is 9.66 Å². The van der Waals surface area contributed by atoms with Crippen LogP contribution in [0.25, 0.3) is 0 Å². The number of nitrogens with zero attached hydrogens (tertiary/aromatic N) is 1. The molecule has 1 heterocycles. The molecule has 2 rings (SSSR count). The molecule has 4 nitrogen and oxygen atoms in total. The molecule has 1 aromatic rings. The number of benzene rings is 1. The van der Waals surface area contributed by atoms with E-state index in [1.807, 2.05) is 13.0 Å². The van der Waals surface area contributed by atoms with E-state index in [0.29, 0.717) is 0 Å². The number of aryl methyl sites for hydroxylation is 1. The highest BCUT2D eigenvalue weighted by Gasteiger charge is 2.26. The lowest BCUT2D eigenvalue weighted by atomic mass is 9.98. The second-order valence-electron chi connectivity index (χ2n) is 5.95. The first-order chi connectivity index (χ1) is 9.30. The highest BCUT2D eigenvalue weighted by Crippen LogP contribution is 2.39. The van der Waals surface area contributed by atoms with Crippen molar-refractivity contribution in [3.63, 3.8) is 0 Å². The van der Waals surface area contributed by atoms with Crippen LogP contribution in [0.1, 0.15) is 43.4 Å². The van der Waals surface area contributed by atoms with Gasteiger partial charge in [-0.1, -0.05) is 0 Å². The lowest BCUT2D eigenvalue weighted by Gasteiger charge is -2.25. The Hall–Kier alpha value is -1.23. The Morgan fingerprint density at radius 2 is 2.15 bits per heavy atom. The number of nitro groups is 1. The fourth-order valence-electron chi connectivity index (χ4n) is 2.75. The quantitative estimate of drug-likeness (QED) is 0.364. The first-order valence-corrected chi connectivity index (χ1v) is 7.85. The molecule has 0 saturated carbocycles. The van der Waals surface area contributed by atoms with Crippen molar-refractivity contribution in [1.29, 1.82) is 0 Å². The second kappa shape index (κ2) is 5.64. The van der Waals surface area contributed by atoms with Crippen molar-refractivity contribution >= 4 is 11.8 Å². The van der Waals surface area contributed by atoms with E-state index in [2.05, 4.69) is 20.8 Å². The molecule has 0 radical (unpaired) electrons. The van der Waals surface area contributed by atoms with Crippen molar-refractivity contribution in [1.82, 2.24) is 0 Å². The molecule has 0 aromatic heterocycles. The van der Waals surface area contributed by atoms with E-state index >= 15 is 0 Å². The third kappa shape index (κ3) is 3.26. The molecule has 0 amide bonds. The number of thioether (sulfide) groups is 1. The molecule has 0 N–H and O–H groups in total. The Morgan fingerprint density at radius 1 is 1.45 bits per heavy atom. The summed E-state index contributed by atoms with van der Waals surface area (Å²) in [5.41, 5.74) is 3.28. The maximum Gasteiger partial charge on any atom is 0.253 e. The van der Waals surface area contributed by atoms with Crippen LogP contribution in [0.15, 0.2) is 11.0 Å². The molecule has 1 aromatic carbocycles. The molecule has 0 saturated heterocycles. The molecule has 1 aliphatic heterocycles. The van der Waals surface area contributed by atoms with Gasteiger partial charge in [-0.15, -0.1) is 0 Å². The molecule has 0 atom stereocenters. The number of ether oxygens (including phenoxy) is 1. The van der Waals surface area contributed by atoms with Gasteiger partial charge in [-0.05, 0) is 81.5 Å². The van der Waals surface area contributed by atoms with Gasteiger partial charge in [-0.3, -0.25) is 10.1 Å². The van der Waals surface area contributed by atoms with Crippen molar-refractivity contribution in [2.24, 2.45) is 0 Å². The third-order valence-corrected chi connectivity index (χ3v) is 4.96. The molecular weight excluding hydrogens is 274 g/mol. The first-order valence-electron chi connectivity index (χ1n) is 6.87. The monoisotopic (exact) mass is 295 g/mol. The highest BCUT2D eigenvalue weighted by molar-refractivity contribution is 7.99. The van der Waals surface area contributed by atoms with Gasteiger partial charge >= 0.3 is 0 Å². The molecule has 20 heavy (non-hydrogen) atoms. The molecule has 0 unspecified atom stereocenters. The summed E-state index contributed by atoms with van der Waals surface area (Å²) >= 11 is 1.31. The van der Waals surface area contributed by atoms with Gasteiger partial charge < -0.3 is 4.74 Å². The first kappa shape index (κ1) is 15.2. The number of rotatable bonds is 3. The lowest BCUT2D eigenvalue weighted by molar-refractivity contribution is -0.456. The largest absolute Gasteiger partial charge is 0.488 e. The molecule has 0 aliphatic carbocycles. The Kier molecular flexibility index (Phi) is 4.28. The van der Waals surface area contributed by atoms with E-state index in [9.17, 15) is 10.1 Å². The number of hydrogen-bond donors (Lipinski definition) is 0. The summed E-state index contributed by atoms with van der Waals surface area (Å²) < 4.78 is 6.14. The Balaban J connectivity index is 2.40. The summed E-state index contributed by atoms with van der Waals surface area (Å²) in [5, 5.41) is 10.6. The van der Waals surface area contributed by atoms with Crippen molar-refractivity contribution in [2.45, 2.75) is 57.5 Å². The summed E-state index contributed by atoms with van der Waals surface area (Å²) in [5.74, 6) is 0.861. The van der Waals surface area contributed by atoms with Crippen LogP contribution in [-0.4, -0.2) is 16.4 Å². The van der Waals surface area contributed by atoms with E-state index in [4.69, 9.17) is 4.74 Å². The summed E-state index contributed by atoms with van der Waals surface area (Å²) in [6.07, 6.45) is 3.09. The van der Waals surface area contributed by atoms with Gasteiger partial charge in [0.25, 0.3) is 5.88 Å². The predicted molar refractivity (Wildman–Crippen MR) is 81.3 cm³/mol.